The van der Waals surface area contributed by atoms with Crippen LogP contribution in [0.3, 0.4) is 0 Å². The van der Waals surface area contributed by atoms with Crippen molar-refractivity contribution in [3.8, 4) is 0 Å². The first-order valence-corrected chi connectivity index (χ1v) is 12.6. The van der Waals surface area contributed by atoms with Gasteiger partial charge in [0.15, 0.2) is 0 Å². The van der Waals surface area contributed by atoms with E-state index >= 15 is 0 Å². The van der Waals surface area contributed by atoms with Crippen LogP contribution in [0.2, 0.25) is 0 Å². The van der Waals surface area contributed by atoms with Gasteiger partial charge in [-0.2, -0.15) is 0 Å². The van der Waals surface area contributed by atoms with E-state index in [0.29, 0.717) is 0 Å². The Hall–Kier alpha value is 1.25. The molecule has 0 fully saturated rings. The first-order valence-electron chi connectivity index (χ1n) is 11.3. The average molecular weight is 443 g/mol. The largest absolute Gasteiger partial charge is 1.00 e. The molecule has 0 saturated heterocycles. The third-order valence-electron chi connectivity index (χ3n) is 4.99. The summed E-state index contributed by atoms with van der Waals surface area (Å²) in [4.78, 5) is 0. The van der Waals surface area contributed by atoms with Gasteiger partial charge in [0, 0.05) is 5.92 Å². The fourth-order valence-electron chi connectivity index (χ4n) is 3.28. The van der Waals surface area contributed by atoms with Gasteiger partial charge < -0.3 is 4.55 Å². The third kappa shape index (κ3) is 25.3. The van der Waals surface area contributed by atoms with Crippen LogP contribution in [0.5, 0.6) is 0 Å². The molecule has 0 aliphatic heterocycles. The Balaban J connectivity index is 0. The predicted molar refractivity (Wildman–Crippen MR) is 113 cm³/mol. The minimum atomic E-state index is -4.59. The van der Waals surface area contributed by atoms with Crippen LogP contribution in [0.1, 0.15) is 117 Å². The summed E-state index contributed by atoms with van der Waals surface area (Å²) in [5.41, 5.74) is 0. The number of unbranched alkanes of at least 4 members (excludes halogenated alkanes) is 13. The molecule has 0 bridgehead atoms. The molecule has 4 nitrogen and oxygen atoms in total. The van der Waals surface area contributed by atoms with Crippen molar-refractivity contribution >= 4 is 10.4 Å². The van der Waals surface area contributed by atoms with Gasteiger partial charge in [0.05, 0.1) is 6.61 Å². The Kier molecular flexibility index (Phi) is 25.7. The van der Waals surface area contributed by atoms with Crippen LogP contribution in [0.25, 0.3) is 0 Å². The van der Waals surface area contributed by atoms with E-state index in [1.165, 1.54) is 77.0 Å². The molecule has 1 unspecified atom stereocenters. The molecule has 0 aromatic heterocycles. The van der Waals surface area contributed by atoms with Crippen molar-refractivity contribution in [1.82, 2.24) is 0 Å². The summed E-state index contributed by atoms with van der Waals surface area (Å²) in [6.45, 7) is 4.39. The molecule has 0 aromatic carbocycles. The normalized spacial score (nSPS) is 13.0. The maximum atomic E-state index is 10.7. The van der Waals surface area contributed by atoms with E-state index in [1.54, 1.807) is 0 Å². The van der Waals surface area contributed by atoms with E-state index in [4.69, 9.17) is 0 Å². The van der Waals surface area contributed by atoms with E-state index in [1.807, 2.05) is 6.08 Å². The Morgan fingerprint density at radius 2 is 1.25 bits per heavy atom. The summed E-state index contributed by atoms with van der Waals surface area (Å²) in [5.74, 6) is 0.0219. The van der Waals surface area contributed by atoms with Gasteiger partial charge in [-0.05, 0) is 19.3 Å². The Morgan fingerprint density at radius 1 is 0.786 bits per heavy atom. The molecular formula is C22H43KO4S. The summed E-state index contributed by atoms with van der Waals surface area (Å²) in [6, 6.07) is 0. The monoisotopic (exact) mass is 442 g/mol. The topological polar surface area (TPSA) is 66.4 Å². The van der Waals surface area contributed by atoms with Crippen molar-refractivity contribution in [1.29, 1.82) is 0 Å². The Morgan fingerprint density at radius 3 is 1.75 bits per heavy atom. The number of hydrogen-bond donors (Lipinski definition) is 0. The fourth-order valence-corrected chi connectivity index (χ4v) is 3.62. The molecule has 162 valence electrons. The first-order chi connectivity index (χ1) is 13.0. The van der Waals surface area contributed by atoms with E-state index in [0.717, 1.165) is 25.7 Å². The van der Waals surface area contributed by atoms with Gasteiger partial charge in [-0.25, -0.2) is 8.42 Å². The van der Waals surface area contributed by atoms with Crippen LogP contribution >= 0.6 is 0 Å². The second kappa shape index (κ2) is 22.9. The maximum absolute atomic E-state index is 10.7. The molecule has 0 spiro atoms. The van der Waals surface area contributed by atoms with Gasteiger partial charge in [-0.1, -0.05) is 109 Å². The second-order valence-electron chi connectivity index (χ2n) is 7.70. The molecule has 0 N–H and O–H groups in total. The van der Waals surface area contributed by atoms with E-state index in [-0.39, 0.29) is 63.9 Å². The van der Waals surface area contributed by atoms with Gasteiger partial charge in [0.2, 0.25) is 10.4 Å². The zero-order valence-corrected chi connectivity index (χ0v) is 22.7. The van der Waals surface area contributed by atoms with Crippen molar-refractivity contribution in [2.24, 2.45) is 5.92 Å². The minimum Gasteiger partial charge on any atom is -0.726 e. The maximum Gasteiger partial charge on any atom is 1.00 e. The van der Waals surface area contributed by atoms with Gasteiger partial charge >= 0.3 is 51.4 Å². The average Bonchev–Trinajstić information content (AvgIpc) is 2.62. The molecule has 0 aliphatic rings. The first kappa shape index (κ1) is 31.4. The van der Waals surface area contributed by atoms with Crippen molar-refractivity contribution in [3.05, 3.63) is 12.2 Å². The van der Waals surface area contributed by atoms with Crippen LogP contribution in [-0.2, 0) is 14.6 Å². The van der Waals surface area contributed by atoms with Crippen LogP contribution in [0.4, 0.5) is 0 Å². The van der Waals surface area contributed by atoms with Crippen molar-refractivity contribution in [2.75, 3.05) is 6.61 Å². The van der Waals surface area contributed by atoms with Crippen LogP contribution in [0.15, 0.2) is 12.2 Å². The zero-order chi connectivity index (χ0) is 20.2. The van der Waals surface area contributed by atoms with Crippen LogP contribution in [-0.4, -0.2) is 19.6 Å². The van der Waals surface area contributed by atoms with Crippen LogP contribution < -0.4 is 51.4 Å². The summed E-state index contributed by atoms with van der Waals surface area (Å²) in [7, 11) is -4.59. The van der Waals surface area contributed by atoms with E-state index in [2.05, 4.69) is 24.1 Å². The van der Waals surface area contributed by atoms with E-state index < -0.39 is 10.4 Å². The number of allylic oxidation sites excluding steroid dienone is 1. The standard InChI is InChI=1S/C22H44O4S.K/c1-3-5-7-9-10-11-12-13-14-15-16-18-20-22(19-17-8-6-4-2)21-26-27(23,24)25;/h18,20,22H,3-17,19,21H2,1-2H3,(H,23,24,25);/q;+1/p-1/b20-18+;. The summed E-state index contributed by atoms with van der Waals surface area (Å²) >= 11 is 0. The molecule has 0 saturated carbocycles. The van der Waals surface area contributed by atoms with E-state index in [9.17, 15) is 13.0 Å². The van der Waals surface area contributed by atoms with Gasteiger partial charge in [0.25, 0.3) is 0 Å². The molecule has 0 rings (SSSR count). The molecule has 28 heavy (non-hydrogen) atoms. The Bertz CT molecular complexity index is 438. The van der Waals surface area contributed by atoms with Crippen molar-refractivity contribution in [3.63, 3.8) is 0 Å². The second-order valence-corrected chi connectivity index (χ2v) is 8.75. The van der Waals surface area contributed by atoms with Crippen LogP contribution in [0, 0.1) is 5.92 Å². The molecule has 1 atom stereocenters. The summed E-state index contributed by atoms with van der Waals surface area (Å²) in [5, 5.41) is 0. The third-order valence-corrected chi connectivity index (χ3v) is 5.41. The predicted octanol–water partition coefficient (Wildman–Crippen LogP) is 3.92. The molecule has 0 aromatic rings. The summed E-state index contributed by atoms with van der Waals surface area (Å²) in [6.07, 6.45) is 23.9. The number of hydrogen-bond acceptors (Lipinski definition) is 4. The fraction of sp³-hybridized carbons (Fsp3) is 0.909. The zero-order valence-electron chi connectivity index (χ0n) is 18.8. The quantitative estimate of drug-likeness (QED) is 0.0942. The number of rotatable bonds is 20. The van der Waals surface area contributed by atoms with Crippen molar-refractivity contribution < 1.29 is 68.5 Å². The molecule has 0 radical (unpaired) electrons. The van der Waals surface area contributed by atoms with Gasteiger partial charge in [-0.15, -0.1) is 0 Å². The molecule has 0 heterocycles. The summed E-state index contributed by atoms with van der Waals surface area (Å²) < 4.78 is 36.5. The molecule has 6 heteroatoms. The van der Waals surface area contributed by atoms with Gasteiger partial charge in [0.1, 0.15) is 0 Å². The molecule has 0 aliphatic carbocycles. The van der Waals surface area contributed by atoms with Gasteiger partial charge in [-0.3, -0.25) is 4.18 Å². The SMILES string of the molecule is CCCCCCCCCCCC/C=C/C(CCCCCC)COS(=O)(=O)[O-].[K+]. The molecule has 0 amide bonds. The smallest absolute Gasteiger partial charge is 0.726 e. The molecular weight excluding hydrogens is 399 g/mol. The Labute approximate surface area is 218 Å². The minimum absolute atomic E-state index is 0. The van der Waals surface area contributed by atoms with Crippen molar-refractivity contribution in [2.45, 2.75) is 117 Å².